The zero-order valence-electron chi connectivity index (χ0n) is 13.3. The number of para-hydroxylation sites is 1. The van der Waals surface area contributed by atoms with Crippen molar-refractivity contribution in [1.29, 1.82) is 0 Å². The van der Waals surface area contributed by atoms with Crippen molar-refractivity contribution in [2.75, 3.05) is 38.2 Å². The fourth-order valence-corrected chi connectivity index (χ4v) is 2.58. The topological polar surface area (TPSA) is 53.6 Å². The van der Waals surface area contributed by atoms with Crippen molar-refractivity contribution in [3.8, 4) is 0 Å². The Bertz CT molecular complexity index is 511. The molecule has 1 saturated heterocycles. The highest BCUT2D eigenvalue weighted by Crippen LogP contribution is 2.16. The van der Waals surface area contributed by atoms with Gasteiger partial charge in [-0.05, 0) is 25.0 Å². The Morgan fingerprint density at radius 3 is 2.75 bits per heavy atom. The van der Waals surface area contributed by atoms with Crippen molar-refractivity contribution in [3.05, 3.63) is 30.3 Å². The summed E-state index contributed by atoms with van der Waals surface area (Å²) in [5.41, 5.74) is 1.00. The van der Waals surface area contributed by atoms with E-state index in [0.29, 0.717) is 13.1 Å². The molecule has 0 spiro atoms. The largest absolute Gasteiger partial charge is 0.411 e. The lowest BCUT2D eigenvalue weighted by molar-refractivity contribution is -0.173. The predicted molar refractivity (Wildman–Crippen MR) is 84.9 cm³/mol. The fraction of sp³-hybridized carbons (Fsp3) is 0.562. The van der Waals surface area contributed by atoms with Crippen LogP contribution in [-0.4, -0.2) is 56.0 Å². The number of amides is 2. The molecule has 0 aromatic heterocycles. The van der Waals surface area contributed by atoms with Crippen molar-refractivity contribution >= 4 is 11.7 Å². The molecule has 134 valence electrons. The van der Waals surface area contributed by atoms with E-state index in [1.54, 1.807) is 4.90 Å². The monoisotopic (exact) mass is 345 g/mol. The summed E-state index contributed by atoms with van der Waals surface area (Å²) < 4.78 is 40.2. The first-order valence-electron chi connectivity index (χ1n) is 7.93. The third-order valence-corrected chi connectivity index (χ3v) is 3.64. The van der Waals surface area contributed by atoms with Crippen molar-refractivity contribution in [2.45, 2.75) is 25.1 Å². The van der Waals surface area contributed by atoms with Crippen molar-refractivity contribution < 1.29 is 22.7 Å². The smallest absolute Gasteiger partial charge is 0.381 e. The van der Waals surface area contributed by atoms with Crippen LogP contribution in [0.25, 0.3) is 0 Å². The Labute approximate surface area is 139 Å². The quantitative estimate of drug-likeness (QED) is 0.780. The molecule has 0 saturated carbocycles. The maximum atomic E-state index is 12.1. The SMILES string of the molecule is O=C(NCCOCC(F)(F)F)N1CCC[C@@H](Nc2ccccc2)C1. The minimum absolute atomic E-state index is 0.0577. The molecule has 1 aliphatic heterocycles. The molecule has 1 aliphatic rings. The lowest BCUT2D eigenvalue weighted by Crippen LogP contribution is -2.49. The molecule has 24 heavy (non-hydrogen) atoms. The van der Waals surface area contributed by atoms with Crippen LogP contribution < -0.4 is 10.6 Å². The van der Waals surface area contributed by atoms with Crippen LogP contribution in [0.1, 0.15) is 12.8 Å². The average molecular weight is 345 g/mol. The molecule has 1 aromatic rings. The molecule has 1 atom stereocenters. The van der Waals surface area contributed by atoms with Crippen LogP contribution in [0.2, 0.25) is 0 Å². The number of rotatable bonds is 6. The van der Waals surface area contributed by atoms with E-state index in [1.165, 1.54) is 0 Å². The summed E-state index contributed by atoms with van der Waals surface area (Å²) in [4.78, 5) is 13.7. The van der Waals surface area contributed by atoms with E-state index in [9.17, 15) is 18.0 Å². The number of anilines is 1. The molecule has 0 unspecified atom stereocenters. The van der Waals surface area contributed by atoms with Gasteiger partial charge in [-0.15, -0.1) is 0 Å². The first-order valence-corrected chi connectivity index (χ1v) is 7.93. The summed E-state index contributed by atoms with van der Waals surface area (Å²) in [6.45, 7) is -0.199. The van der Waals surface area contributed by atoms with Crippen LogP contribution in [0.4, 0.5) is 23.7 Å². The van der Waals surface area contributed by atoms with Crippen LogP contribution in [-0.2, 0) is 4.74 Å². The Morgan fingerprint density at radius 1 is 1.29 bits per heavy atom. The van der Waals surface area contributed by atoms with Crippen LogP contribution in [0, 0.1) is 0 Å². The summed E-state index contributed by atoms with van der Waals surface area (Å²) in [6.07, 6.45) is -2.50. The summed E-state index contributed by atoms with van der Waals surface area (Å²) in [5.74, 6) is 0. The standard InChI is InChI=1S/C16H22F3N3O2/c17-16(18,19)12-24-10-8-20-15(23)22-9-4-7-14(11-22)21-13-5-2-1-3-6-13/h1-3,5-6,14,21H,4,7-12H2,(H,20,23)/t14-/m1/s1. The van der Waals surface area contributed by atoms with Gasteiger partial charge >= 0.3 is 12.2 Å². The number of hydrogen-bond donors (Lipinski definition) is 2. The van der Waals surface area contributed by atoms with Crippen molar-refractivity contribution in [2.24, 2.45) is 0 Å². The Kier molecular flexibility index (Phi) is 6.72. The van der Waals surface area contributed by atoms with E-state index in [1.807, 2.05) is 30.3 Å². The second kappa shape index (κ2) is 8.77. The molecule has 0 aliphatic carbocycles. The molecule has 0 radical (unpaired) electrons. The number of halogens is 3. The van der Waals surface area contributed by atoms with Crippen LogP contribution in [0.15, 0.2) is 30.3 Å². The molecule has 2 amide bonds. The van der Waals surface area contributed by atoms with E-state index >= 15 is 0 Å². The number of alkyl halides is 3. The number of piperidine rings is 1. The third-order valence-electron chi connectivity index (χ3n) is 3.64. The number of nitrogens with zero attached hydrogens (tertiary/aromatic N) is 1. The Balaban J connectivity index is 1.68. The molecule has 5 nitrogen and oxygen atoms in total. The maximum absolute atomic E-state index is 12.1. The van der Waals surface area contributed by atoms with Gasteiger partial charge in [-0.25, -0.2) is 4.79 Å². The van der Waals surface area contributed by atoms with Crippen molar-refractivity contribution in [1.82, 2.24) is 10.2 Å². The second-order valence-electron chi connectivity index (χ2n) is 5.70. The number of carbonyl (C=O) groups excluding carboxylic acids is 1. The highest BCUT2D eigenvalue weighted by Gasteiger charge is 2.27. The zero-order chi connectivity index (χ0) is 17.4. The summed E-state index contributed by atoms with van der Waals surface area (Å²) in [7, 11) is 0. The molecule has 2 N–H and O–H groups in total. The summed E-state index contributed by atoms with van der Waals surface area (Å²) in [6, 6.07) is 9.65. The van der Waals surface area contributed by atoms with Crippen LogP contribution in [0.3, 0.4) is 0 Å². The van der Waals surface area contributed by atoms with E-state index in [0.717, 1.165) is 18.5 Å². The molecule has 1 heterocycles. The highest BCUT2D eigenvalue weighted by atomic mass is 19.4. The lowest BCUT2D eigenvalue weighted by atomic mass is 10.1. The van der Waals surface area contributed by atoms with Gasteiger partial charge in [0.2, 0.25) is 0 Å². The van der Waals surface area contributed by atoms with E-state index in [2.05, 4.69) is 15.4 Å². The number of urea groups is 1. The molecule has 1 aromatic carbocycles. The Hall–Kier alpha value is -1.96. The zero-order valence-corrected chi connectivity index (χ0v) is 13.3. The molecular formula is C16H22F3N3O2. The highest BCUT2D eigenvalue weighted by molar-refractivity contribution is 5.74. The Morgan fingerprint density at radius 2 is 2.04 bits per heavy atom. The van der Waals surface area contributed by atoms with Gasteiger partial charge < -0.3 is 20.3 Å². The second-order valence-corrected chi connectivity index (χ2v) is 5.70. The van der Waals surface area contributed by atoms with E-state index < -0.39 is 12.8 Å². The fourth-order valence-electron chi connectivity index (χ4n) is 2.58. The minimum Gasteiger partial charge on any atom is -0.381 e. The third kappa shape index (κ3) is 6.66. The minimum atomic E-state index is -4.34. The number of nitrogens with one attached hydrogen (secondary N) is 2. The lowest BCUT2D eigenvalue weighted by Gasteiger charge is -2.33. The number of carbonyl (C=O) groups is 1. The number of likely N-dealkylation sites (tertiary alicyclic amines) is 1. The van der Waals surface area contributed by atoms with Gasteiger partial charge in [-0.2, -0.15) is 13.2 Å². The van der Waals surface area contributed by atoms with Gasteiger partial charge in [0.1, 0.15) is 6.61 Å². The number of ether oxygens (including phenoxy) is 1. The molecule has 1 fully saturated rings. The van der Waals surface area contributed by atoms with Gasteiger partial charge in [0, 0.05) is 31.4 Å². The van der Waals surface area contributed by atoms with Gasteiger partial charge in [-0.3, -0.25) is 0 Å². The van der Waals surface area contributed by atoms with Crippen LogP contribution in [0.5, 0.6) is 0 Å². The van der Waals surface area contributed by atoms with E-state index in [-0.39, 0.29) is 25.2 Å². The normalized spacial score (nSPS) is 18.3. The number of hydrogen-bond acceptors (Lipinski definition) is 3. The van der Waals surface area contributed by atoms with Gasteiger partial charge in [-0.1, -0.05) is 18.2 Å². The van der Waals surface area contributed by atoms with Crippen LogP contribution >= 0.6 is 0 Å². The van der Waals surface area contributed by atoms with Gasteiger partial charge in [0.05, 0.1) is 6.61 Å². The summed E-state index contributed by atoms with van der Waals surface area (Å²) in [5, 5.41) is 5.98. The van der Waals surface area contributed by atoms with Gasteiger partial charge in [0.15, 0.2) is 0 Å². The first-order chi connectivity index (χ1) is 11.4. The summed E-state index contributed by atoms with van der Waals surface area (Å²) >= 11 is 0. The van der Waals surface area contributed by atoms with E-state index in [4.69, 9.17) is 0 Å². The molecule has 0 bridgehead atoms. The van der Waals surface area contributed by atoms with Gasteiger partial charge in [0.25, 0.3) is 0 Å². The maximum Gasteiger partial charge on any atom is 0.411 e. The predicted octanol–water partition coefficient (Wildman–Crippen LogP) is 2.85. The molecule has 2 rings (SSSR count). The average Bonchev–Trinajstić information content (AvgIpc) is 2.54. The molecular weight excluding hydrogens is 323 g/mol. The molecule has 8 heteroatoms. The number of benzene rings is 1. The van der Waals surface area contributed by atoms with Crippen molar-refractivity contribution in [3.63, 3.8) is 0 Å². The first kappa shape index (κ1) is 18.4.